The second-order valence-corrected chi connectivity index (χ2v) is 6.44. The Morgan fingerprint density at radius 3 is 2.44 bits per heavy atom. The van der Waals surface area contributed by atoms with Gasteiger partial charge in [0.15, 0.2) is 0 Å². The van der Waals surface area contributed by atoms with E-state index in [-0.39, 0.29) is 17.3 Å². The summed E-state index contributed by atoms with van der Waals surface area (Å²) in [6.45, 7) is 4.07. The molecule has 0 saturated carbocycles. The van der Waals surface area contributed by atoms with Gasteiger partial charge in [0.25, 0.3) is 5.69 Å². The van der Waals surface area contributed by atoms with E-state index in [4.69, 9.17) is 5.26 Å². The highest BCUT2D eigenvalue weighted by Gasteiger charge is 2.27. The average molecular weight is 372 g/mol. The summed E-state index contributed by atoms with van der Waals surface area (Å²) in [5, 5.41) is 20.3. The van der Waals surface area contributed by atoms with E-state index in [0.717, 1.165) is 6.07 Å². The van der Waals surface area contributed by atoms with Crippen LogP contribution in [0.3, 0.4) is 0 Å². The highest BCUT2D eigenvalue weighted by Crippen LogP contribution is 2.31. The minimum absolute atomic E-state index is 0.0971. The van der Waals surface area contributed by atoms with E-state index >= 15 is 0 Å². The first-order valence-corrected chi connectivity index (χ1v) is 8.53. The number of anilines is 1. The number of nitrogens with zero attached hydrogens (tertiary/aromatic N) is 4. The van der Waals surface area contributed by atoms with Gasteiger partial charge in [-0.2, -0.15) is 5.26 Å². The monoisotopic (exact) mass is 372 g/mol. The molecule has 0 aliphatic carbocycles. The van der Waals surface area contributed by atoms with E-state index in [1.165, 1.54) is 18.2 Å². The van der Waals surface area contributed by atoms with Gasteiger partial charge in [0, 0.05) is 49.9 Å². The number of nitro groups is 1. The lowest BCUT2D eigenvalue weighted by Gasteiger charge is -2.39. The lowest BCUT2D eigenvalue weighted by Crippen LogP contribution is -2.47. The lowest BCUT2D eigenvalue weighted by molar-refractivity contribution is -0.384. The average Bonchev–Trinajstić information content (AvgIpc) is 2.67. The molecule has 6 nitrogen and oxygen atoms in total. The molecule has 0 amide bonds. The van der Waals surface area contributed by atoms with E-state index in [1.54, 1.807) is 12.1 Å². The molecule has 1 fully saturated rings. The van der Waals surface area contributed by atoms with Gasteiger partial charge in [-0.25, -0.2) is 8.78 Å². The molecule has 8 heteroatoms. The van der Waals surface area contributed by atoms with Crippen LogP contribution in [0.15, 0.2) is 36.4 Å². The molecule has 1 heterocycles. The minimum atomic E-state index is -0.610. The number of nitro benzene ring substituents is 1. The summed E-state index contributed by atoms with van der Waals surface area (Å²) in [5.74, 6) is -1.19. The molecule has 2 aromatic carbocycles. The Labute approximate surface area is 155 Å². The summed E-state index contributed by atoms with van der Waals surface area (Å²) in [6.07, 6.45) is 0. The van der Waals surface area contributed by atoms with E-state index < -0.39 is 16.6 Å². The number of hydrogen-bond donors (Lipinski definition) is 0. The van der Waals surface area contributed by atoms with Crippen LogP contribution in [0, 0.1) is 33.1 Å². The third kappa shape index (κ3) is 3.88. The molecule has 140 valence electrons. The molecule has 1 atom stereocenters. The van der Waals surface area contributed by atoms with E-state index in [1.807, 2.05) is 17.9 Å². The molecule has 0 N–H and O–H groups in total. The van der Waals surface area contributed by atoms with Gasteiger partial charge in [-0.1, -0.05) is 6.07 Å². The Balaban J connectivity index is 1.74. The zero-order valence-corrected chi connectivity index (χ0v) is 14.7. The predicted octanol–water partition coefficient (Wildman–Crippen LogP) is 3.63. The second kappa shape index (κ2) is 7.68. The van der Waals surface area contributed by atoms with E-state index in [9.17, 15) is 18.9 Å². The molecular formula is C19H18F2N4O2. The van der Waals surface area contributed by atoms with Gasteiger partial charge in [0.1, 0.15) is 17.3 Å². The van der Waals surface area contributed by atoms with Gasteiger partial charge < -0.3 is 4.90 Å². The van der Waals surface area contributed by atoms with Crippen molar-refractivity contribution in [1.82, 2.24) is 4.90 Å². The van der Waals surface area contributed by atoms with Crippen LogP contribution in [0.1, 0.15) is 24.1 Å². The smallest absolute Gasteiger partial charge is 0.293 e. The van der Waals surface area contributed by atoms with Crippen molar-refractivity contribution in [2.45, 2.75) is 13.0 Å². The molecule has 1 aliphatic heterocycles. The van der Waals surface area contributed by atoms with Crippen LogP contribution < -0.4 is 4.90 Å². The van der Waals surface area contributed by atoms with Crippen molar-refractivity contribution in [2.24, 2.45) is 0 Å². The Kier molecular flexibility index (Phi) is 5.33. The first-order chi connectivity index (χ1) is 12.9. The fraction of sp³-hybridized carbons (Fsp3) is 0.316. The maximum atomic E-state index is 14.0. The molecular weight excluding hydrogens is 354 g/mol. The molecule has 1 aliphatic rings. The third-order valence-electron chi connectivity index (χ3n) is 4.92. The second-order valence-electron chi connectivity index (χ2n) is 6.44. The number of hydrogen-bond acceptors (Lipinski definition) is 5. The summed E-state index contributed by atoms with van der Waals surface area (Å²) in [5.41, 5.74) is 1.04. The Hall–Kier alpha value is -3.05. The van der Waals surface area contributed by atoms with Gasteiger partial charge in [0.05, 0.1) is 16.6 Å². The largest absolute Gasteiger partial charge is 0.363 e. The molecule has 2 aromatic rings. The maximum absolute atomic E-state index is 14.0. The van der Waals surface area contributed by atoms with Crippen LogP contribution in [-0.2, 0) is 0 Å². The van der Waals surface area contributed by atoms with Crippen molar-refractivity contribution in [2.75, 3.05) is 31.1 Å². The molecule has 0 spiro atoms. The number of halogens is 2. The summed E-state index contributed by atoms with van der Waals surface area (Å²) in [7, 11) is 0. The van der Waals surface area contributed by atoms with Gasteiger partial charge in [0.2, 0.25) is 0 Å². The molecule has 1 unspecified atom stereocenters. The predicted molar refractivity (Wildman–Crippen MR) is 96.4 cm³/mol. The SMILES string of the molecule is CC(c1ccc(F)cc1F)N1CCN(c2ccc(C#N)cc2[N+](=O)[O-])CC1. The maximum Gasteiger partial charge on any atom is 0.293 e. The van der Waals surface area contributed by atoms with Crippen LogP contribution in [0.4, 0.5) is 20.2 Å². The van der Waals surface area contributed by atoms with Crippen LogP contribution >= 0.6 is 0 Å². The normalized spacial score (nSPS) is 16.0. The fourth-order valence-corrected chi connectivity index (χ4v) is 3.39. The zero-order chi connectivity index (χ0) is 19.6. The van der Waals surface area contributed by atoms with Gasteiger partial charge in [-0.05, 0) is 25.1 Å². The van der Waals surface area contributed by atoms with Crippen LogP contribution in [-0.4, -0.2) is 36.0 Å². The standard InChI is InChI=1S/C19H18F2N4O2/c1-13(16-4-3-15(20)11-17(16)21)23-6-8-24(9-7-23)18-5-2-14(12-22)10-19(18)25(26)27/h2-5,10-11,13H,6-9H2,1H3. The summed E-state index contributed by atoms with van der Waals surface area (Å²) >= 11 is 0. The van der Waals surface area contributed by atoms with Gasteiger partial charge in [-0.3, -0.25) is 15.0 Å². The lowest BCUT2D eigenvalue weighted by atomic mass is 10.0. The van der Waals surface area contributed by atoms with Crippen molar-refractivity contribution in [3.63, 3.8) is 0 Å². The van der Waals surface area contributed by atoms with Crippen LogP contribution in [0.25, 0.3) is 0 Å². The van der Waals surface area contributed by atoms with Crippen molar-refractivity contribution >= 4 is 11.4 Å². The van der Waals surface area contributed by atoms with Crippen LogP contribution in [0.2, 0.25) is 0 Å². The number of piperazine rings is 1. The van der Waals surface area contributed by atoms with E-state index in [0.29, 0.717) is 37.4 Å². The number of rotatable bonds is 4. The van der Waals surface area contributed by atoms with Crippen LogP contribution in [0.5, 0.6) is 0 Å². The Morgan fingerprint density at radius 2 is 1.85 bits per heavy atom. The Bertz CT molecular complexity index is 905. The molecule has 27 heavy (non-hydrogen) atoms. The van der Waals surface area contributed by atoms with Gasteiger partial charge >= 0.3 is 0 Å². The number of benzene rings is 2. The molecule has 0 bridgehead atoms. The summed E-state index contributed by atoms with van der Waals surface area (Å²) in [4.78, 5) is 14.8. The van der Waals surface area contributed by atoms with E-state index in [2.05, 4.69) is 4.90 Å². The fourth-order valence-electron chi connectivity index (χ4n) is 3.39. The van der Waals surface area contributed by atoms with Crippen molar-refractivity contribution in [1.29, 1.82) is 5.26 Å². The first-order valence-electron chi connectivity index (χ1n) is 8.53. The molecule has 0 aromatic heterocycles. The minimum Gasteiger partial charge on any atom is -0.363 e. The highest BCUT2D eigenvalue weighted by molar-refractivity contribution is 5.65. The highest BCUT2D eigenvalue weighted by atomic mass is 19.1. The molecule has 0 radical (unpaired) electrons. The van der Waals surface area contributed by atoms with Crippen molar-refractivity contribution in [3.05, 3.63) is 69.3 Å². The number of nitriles is 1. The third-order valence-corrected chi connectivity index (χ3v) is 4.92. The van der Waals surface area contributed by atoms with Crippen molar-refractivity contribution in [3.8, 4) is 6.07 Å². The van der Waals surface area contributed by atoms with Crippen molar-refractivity contribution < 1.29 is 13.7 Å². The topological polar surface area (TPSA) is 73.4 Å². The summed E-state index contributed by atoms with van der Waals surface area (Å²) < 4.78 is 27.1. The quantitative estimate of drug-likeness (QED) is 0.605. The van der Waals surface area contributed by atoms with Gasteiger partial charge in [-0.15, -0.1) is 0 Å². The Morgan fingerprint density at radius 1 is 1.15 bits per heavy atom. The first kappa shape index (κ1) is 18.7. The zero-order valence-electron chi connectivity index (χ0n) is 14.7. The molecule has 1 saturated heterocycles. The molecule has 3 rings (SSSR count). The summed E-state index contributed by atoms with van der Waals surface area (Å²) in [6, 6.07) is 9.68.